The summed E-state index contributed by atoms with van der Waals surface area (Å²) < 4.78 is 0. The second-order valence-corrected chi connectivity index (χ2v) is 6.22. The van der Waals surface area contributed by atoms with E-state index in [2.05, 4.69) is 13.8 Å². The normalized spacial score (nSPS) is 12.2. The van der Waals surface area contributed by atoms with Gasteiger partial charge in [0.1, 0.15) is 0 Å². The maximum atomic E-state index is 12.4. The SMILES string of the molecule is CCSCC[C@H](C)N(C)C(=O)c1ccc(N)c(C)c1. The highest BCUT2D eigenvalue weighted by Gasteiger charge is 2.17. The molecule has 19 heavy (non-hydrogen) atoms. The van der Waals surface area contributed by atoms with Crippen molar-refractivity contribution in [3.8, 4) is 0 Å². The largest absolute Gasteiger partial charge is 0.399 e. The van der Waals surface area contributed by atoms with Crippen molar-refractivity contribution in [2.45, 2.75) is 33.2 Å². The van der Waals surface area contributed by atoms with Gasteiger partial charge in [-0.05, 0) is 55.5 Å². The highest BCUT2D eigenvalue weighted by atomic mass is 32.2. The van der Waals surface area contributed by atoms with Gasteiger partial charge in [0.05, 0.1) is 0 Å². The van der Waals surface area contributed by atoms with Crippen LogP contribution in [-0.4, -0.2) is 35.4 Å². The number of carbonyl (C=O) groups is 1. The molecule has 1 amide bonds. The van der Waals surface area contributed by atoms with Crippen LogP contribution < -0.4 is 5.73 Å². The Labute approximate surface area is 120 Å². The van der Waals surface area contributed by atoms with E-state index in [9.17, 15) is 4.79 Å². The zero-order chi connectivity index (χ0) is 14.4. The average molecular weight is 280 g/mol. The molecule has 106 valence electrons. The zero-order valence-corrected chi connectivity index (χ0v) is 13.1. The molecule has 2 N–H and O–H groups in total. The van der Waals surface area contributed by atoms with Crippen LogP contribution in [0.5, 0.6) is 0 Å². The summed E-state index contributed by atoms with van der Waals surface area (Å²) >= 11 is 1.91. The van der Waals surface area contributed by atoms with E-state index in [4.69, 9.17) is 5.73 Å². The van der Waals surface area contributed by atoms with Gasteiger partial charge in [-0.25, -0.2) is 0 Å². The topological polar surface area (TPSA) is 46.3 Å². The van der Waals surface area contributed by atoms with Crippen LogP contribution in [0.15, 0.2) is 18.2 Å². The lowest BCUT2D eigenvalue weighted by molar-refractivity contribution is 0.0741. The van der Waals surface area contributed by atoms with E-state index in [0.29, 0.717) is 5.56 Å². The van der Waals surface area contributed by atoms with Crippen LogP contribution in [0.3, 0.4) is 0 Å². The Morgan fingerprint density at radius 2 is 2.16 bits per heavy atom. The quantitative estimate of drug-likeness (QED) is 0.643. The van der Waals surface area contributed by atoms with Crippen molar-refractivity contribution in [3.63, 3.8) is 0 Å². The number of amides is 1. The number of thioether (sulfide) groups is 1. The lowest BCUT2D eigenvalue weighted by atomic mass is 10.1. The summed E-state index contributed by atoms with van der Waals surface area (Å²) in [4.78, 5) is 14.2. The molecule has 0 bridgehead atoms. The summed E-state index contributed by atoms with van der Waals surface area (Å²) in [7, 11) is 1.87. The molecule has 0 aromatic heterocycles. The van der Waals surface area contributed by atoms with Crippen molar-refractivity contribution < 1.29 is 4.79 Å². The minimum absolute atomic E-state index is 0.0668. The third kappa shape index (κ3) is 4.46. The zero-order valence-electron chi connectivity index (χ0n) is 12.3. The van der Waals surface area contributed by atoms with Crippen molar-refractivity contribution >= 4 is 23.4 Å². The summed E-state index contributed by atoms with van der Waals surface area (Å²) in [5.41, 5.74) is 8.17. The Bertz CT molecular complexity index is 434. The Morgan fingerprint density at radius 1 is 1.47 bits per heavy atom. The van der Waals surface area contributed by atoms with Crippen LogP contribution in [0.1, 0.15) is 36.2 Å². The molecule has 1 aromatic rings. The number of nitrogens with zero attached hydrogens (tertiary/aromatic N) is 1. The molecule has 0 aliphatic rings. The van der Waals surface area contributed by atoms with E-state index in [0.717, 1.165) is 29.2 Å². The first-order valence-corrected chi connectivity index (χ1v) is 7.83. The van der Waals surface area contributed by atoms with E-state index in [1.807, 2.05) is 36.7 Å². The Balaban J connectivity index is 2.67. The van der Waals surface area contributed by atoms with Crippen molar-refractivity contribution in [2.24, 2.45) is 0 Å². The van der Waals surface area contributed by atoms with Gasteiger partial charge in [0.15, 0.2) is 0 Å². The smallest absolute Gasteiger partial charge is 0.253 e. The lowest BCUT2D eigenvalue weighted by Crippen LogP contribution is -2.35. The van der Waals surface area contributed by atoms with Crippen molar-refractivity contribution in [1.29, 1.82) is 0 Å². The van der Waals surface area contributed by atoms with Gasteiger partial charge in [-0.3, -0.25) is 4.79 Å². The molecule has 1 rings (SSSR count). The second-order valence-electron chi connectivity index (χ2n) is 4.82. The van der Waals surface area contributed by atoms with Crippen molar-refractivity contribution in [1.82, 2.24) is 4.90 Å². The predicted octanol–water partition coefficient (Wildman–Crippen LogP) is 3.18. The number of hydrogen-bond acceptors (Lipinski definition) is 3. The molecule has 0 fully saturated rings. The summed E-state index contributed by atoms with van der Waals surface area (Å²) in [6.45, 7) is 6.17. The van der Waals surface area contributed by atoms with Gasteiger partial charge in [0.25, 0.3) is 5.91 Å². The van der Waals surface area contributed by atoms with Gasteiger partial charge >= 0.3 is 0 Å². The lowest BCUT2D eigenvalue weighted by Gasteiger charge is -2.25. The Hall–Kier alpha value is -1.16. The third-order valence-corrected chi connectivity index (χ3v) is 4.31. The molecule has 0 saturated carbocycles. The number of nitrogen functional groups attached to an aromatic ring is 1. The minimum atomic E-state index is 0.0668. The molecular formula is C15H24N2OS. The standard InChI is InChI=1S/C15H24N2OS/c1-5-19-9-8-12(3)17(4)15(18)13-6-7-14(16)11(2)10-13/h6-7,10,12H,5,8-9,16H2,1-4H3/t12-/m0/s1. The van der Waals surface area contributed by atoms with Crippen LogP contribution in [0.4, 0.5) is 5.69 Å². The Kier molecular flexibility index (Phi) is 6.22. The molecule has 1 atom stereocenters. The maximum Gasteiger partial charge on any atom is 0.253 e. The van der Waals surface area contributed by atoms with Crippen molar-refractivity contribution in [3.05, 3.63) is 29.3 Å². The van der Waals surface area contributed by atoms with Crippen LogP contribution >= 0.6 is 11.8 Å². The fourth-order valence-electron chi connectivity index (χ4n) is 1.80. The summed E-state index contributed by atoms with van der Waals surface area (Å²) in [6.07, 6.45) is 1.02. The van der Waals surface area contributed by atoms with Gasteiger partial charge in [-0.15, -0.1) is 0 Å². The summed E-state index contributed by atoms with van der Waals surface area (Å²) in [5, 5.41) is 0. The monoisotopic (exact) mass is 280 g/mol. The number of rotatable bonds is 6. The molecule has 1 aromatic carbocycles. The maximum absolute atomic E-state index is 12.4. The molecule has 0 heterocycles. The molecule has 4 heteroatoms. The van der Waals surface area contributed by atoms with E-state index in [1.54, 1.807) is 12.1 Å². The molecule has 0 aliphatic heterocycles. The molecule has 0 unspecified atom stereocenters. The number of nitrogens with two attached hydrogens (primary N) is 1. The first-order valence-electron chi connectivity index (χ1n) is 6.68. The van der Waals surface area contributed by atoms with Crippen LogP contribution in [0.25, 0.3) is 0 Å². The van der Waals surface area contributed by atoms with Crippen LogP contribution in [0.2, 0.25) is 0 Å². The number of carbonyl (C=O) groups excluding carboxylic acids is 1. The first-order chi connectivity index (χ1) is 8.97. The highest BCUT2D eigenvalue weighted by Crippen LogP contribution is 2.16. The average Bonchev–Trinajstić information content (AvgIpc) is 2.40. The number of benzene rings is 1. The second kappa shape index (κ2) is 7.43. The molecule has 3 nitrogen and oxygen atoms in total. The Morgan fingerprint density at radius 3 is 2.74 bits per heavy atom. The first kappa shape index (κ1) is 15.9. The van der Waals surface area contributed by atoms with Gasteiger partial charge in [0.2, 0.25) is 0 Å². The van der Waals surface area contributed by atoms with E-state index in [-0.39, 0.29) is 11.9 Å². The van der Waals surface area contributed by atoms with Gasteiger partial charge in [-0.2, -0.15) is 11.8 Å². The molecule has 0 spiro atoms. The van der Waals surface area contributed by atoms with E-state index >= 15 is 0 Å². The van der Waals surface area contributed by atoms with Crippen LogP contribution in [-0.2, 0) is 0 Å². The summed E-state index contributed by atoms with van der Waals surface area (Å²) in [6, 6.07) is 5.72. The highest BCUT2D eigenvalue weighted by molar-refractivity contribution is 7.99. The van der Waals surface area contributed by atoms with E-state index in [1.165, 1.54) is 0 Å². The van der Waals surface area contributed by atoms with Gasteiger partial charge in [0, 0.05) is 24.3 Å². The molecular weight excluding hydrogens is 256 g/mol. The molecule has 0 saturated heterocycles. The number of anilines is 1. The third-order valence-electron chi connectivity index (χ3n) is 3.38. The fourth-order valence-corrected chi connectivity index (χ4v) is 2.60. The van der Waals surface area contributed by atoms with E-state index < -0.39 is 0 Å². The molecule has 0 radical (unpaired) electrons. The van der Waals surface area contributed by atoms with Gasteiger partial charge < -0.3 is 10.6 Å². The summed E-state index contributed by atoms with van der Waals surface area (Å²) in [5.74, 6) is 2.29. The molecule has 0 aliphatic carbocycles. The number of hydrogen-bond donors (Lipinski definition) is 1. The van der Waals surface area contributed by atoms with Gasteiger partial charge in [-0.1, -0.05) is 6.92 Å². The minimum Gasteiger partial charge on any atom is -0.399 e. The van der Waals surface area contributed by atoms with Crippen LogP contribution in [0, 0.1) is 6.92 Å². The predicted molar refractivity (Wildman–Crippen MR) is 84.8 cm³/mol. The number of aryl methyl sites for hydroxylation is 1. The fraction of sp³-hybridized carbons (Fsp3) is 0.533. The van der Waals surface area contributed by atoms with Crippen molar-refractivity contribution in [2.75, 3.05) is 24.3 Å².